The third kappa shape index (κ3) is 3.88. The van der Waals surface area contributed by atoms with Crippen molar-refractivity contribution in [2.24, 2.45) is 7.05 Å². The molecule has 1 N–H and O–H groups in total. The van der Waals surface area contributed by atoms with Gasteiger partial charge in [-0.15, -0.1) is 10.2 Å². The Hall–Kier alpha value is -2.05. The third-order valence-electron chi connectivity index (χ3n) is 4.55. The van der Waals surface area contributed by atoms with Crippen LogP contribution in [0.1, 0.15) is 36.0 Å². The minimum absolute atomic E-state index is 0.0830. The van der Waals surface area contributed by atoms with Gasteiger partial charge in [-0.2, -0.15) is 0 Å². The number of halogens is 1. The van der Waals surface area contributed by atoms with Crippen molar-refractivity contribution in [2.75, 3.05) is 19.6 Å². The lowest BCUT2D eigenvalue weighted by molar-refractivity contribution is 0.221. The van der Waals surface area contributed by atoms with E-state index in [-0.39, 0.29) is 12.4 Å². The molecule has 5 nitrogen and oxygen atoms in total. The lowest BCUT2D eigenvalue weighted by Crippen LogP contribution is -2.35. The molecule has 6 heteroatoms. The predicted octanol–water partition coefficient (Wildman–Crippen LogP) is 2.34. The van der Waals surface area contributed by atoms with Crippen molar-refractivity contribution in [2.45, 2.75) is 25.4 Å². The standard InChI is InChI=1S/C18H23FN4O/c1-22-17(13-24)20-21-18(22)15-5-3-11-23(12-15)10-2-4-14-6-8-16(19)9-7-14/h2,4,6-9,15,24H,3,5,10-13H2,1H3/b4-2+. The summed E-state index contributed by atoms with van der Waals surface area (Å²) in [5.74, 6) is 1.69. The first-order valence-electron chi connectivity index (χ1n) is 8.31. The maximum absolute atomic E-state index is 12.9. The van der Waals surface area contributed by atoms with Crippen LogP contribution in [0, 0.1) is 5.82 Å². The summed E-state index contributed by atoms with van der Waals surface area (Å²) in [7, 11) is 1.91. The maximum atomic E-state index is 12.9. The molecule has 1 aliphatic rings. The summed E-state index contributed by atoms with van der Waals surface area (Å²) < 4.78 is 14.8. The number of aromatic nitrogens is 3. The molecule has 24 heavy (non-hydrogen) atoms. The van der Waals surface area contributed by atoms with Gasteiger partial charge in [-0.05, 0) is 37.1 Å². The minimum atomic E-state index is -0.211. The number of likely N-dealkylation sites (tertiary alicyclic amines) is 1. The number of aliphatic hydroxyl groups is 1. The van der Waals surface area contributed by atoms with Crippen molar-refractivity contribution in [3.8, 4) is 0 Å². The van der Waals surface area contributed by atoms with E-state index in [1.54, 1.807) is 12.1 Å². The number of nitrogens with zero attached hydrogens (tertiary/aromatic N) is 4. The molecule has 1 aromatic carbocycles. The summed E-state index contributed by atoms with van der Waals surface area (Å²) in [5, 5.41) is 17.6. The van der Waals surface area contributed by atoms with Crippen LogP contribution in [0.5, 0.6) is 0 Å². The van der Waals surface area contributed by atoms with Crippen molar-refractivity contribution in [1.82, 2.24) is 19.7 Å². The van der Waals surface area contributed by atoms with Crippen LogP contribution in [0.4, 0.5) is 4.39 Å². The molecule has 0 aliphatic carbocycles. The highest BCUT2D eigenvalue weighted by Crippen LogP contribution is 2.25. The summed E-state index contributed by atoms with van der Waals surface area (Å²) in [4.78, 5) is 2.39. The van der Waals surface area contributed by atoms with Crippen LogP contribution in [-0.2, 0) is 13.7 Å². The minimum Gasteiger partial charge on any atom is -0.388 e. The molecule has 128 valence electrons. The quantitative estimate of drug-likeness (QED) is 0.914. The highest BCUT2D eigenvalue weighted by Gasteiger charge is 2.25. The molecule has 0 radical (unpaired) electrons. The summed E-state index contributed by atoms with van der Waals surface area (Å²) in [6, 6.07) is 6.51. The summed E-state index contributed by atoms with van der Waals surface area (Å²) >= 11 is 0. The number of piperidine rings is 1. The summed E-state index contributed by atoms with van der Waals surface area (Å²) in [5.41, 5.74) is 1.01. The Labute approximate surface area is 141 Å². The Bertz CT molecular complexity index is 696. The van der Waals surface area contributed by atoms with Crippen molar-refractivity contribution in [1.29, 1.82) is 0 Å². The fraction of sp³-hybridized carbons (Fsp3) is 0.444. The van der Waals surface area contributed by atoms with Gasteiger partial charge in [-0.3, -0.25) is 4.90 Å². The third-order valence-corrected chi connectivity index (χ3v) is 4.55. The van der Waals surface area contributed by atoms with Gasteiger partial charge < -0.3 is 9.67 Å². The molecular formula is C18H23FN4O. The van der Waals surface area contributed by atoms with E-state index >= 15 is 0 Å². The van der Waals surface area contributed by atoms with Crippen LogP contribution < -0.4 is 0 Å². The van der Waals surface area contributed by atoms with Crippen molar-refractivity contribution >= 4 is 6.08 Å². The molecule has 0 amide bonds. The fourth-order valence-corrected chi connectivity index (χ4v) is 3.21. The number of benzene rings is 1. The Kier molecular flexibility index (Phi) is 5.37. The van der Waals surface area contributed by atoms with Gasteiger partial charge in [0.05, 0.1) is 0 Å². The number of aliphatic hydroxyl groups excluding tert-OH is 1. The van der Waals surface area contributed by atoms with Gasteiger partial charge in [-0.1, -0.05) is 24.3 Å². The van der Waals surface area contributed by atoms with Crippen molar-refractivity contribution < 1.29 is 9.50 Å². The molecule has 1 atom stereocenters. The number of hydrogen-bond donors (Lipinski definition) is 1. The molecule has 1 unspecified atom stereocenters. The second-order valence-corrected chi connectivity index (χ2v) is 6.24. The van der Waals surface area contributed by atoms with E-state index in [0.29, 0.717) is 11.7 Å². The van der Waals surface area contributed by atoms with E-state index < -0.39 is 0 Å². The Morgan fingerprint density at radius 3 is 2.79 bits per heavy atom. The molecule has 0 spiro atoms. The molecule has 2 heterocycles. The van der Waals surface area contributed by atoms with Crippen LogP contribution in [0.2, 0.25) is 0 Å². The van der Waals surface area contributed by atoms with Crippen LogP contribution in [0.3, 0.4) is 0 Å². The molecule has 0 saturated carbocycles. The molecule has 1 saturated heterocycles. The first kappa shape index (κ1) is 16.8. The molecule has 3 rings (SSSR count). The van der Waals surface area contributed by atoms with E-state index in [1.807, 2.05) is 17.7 Å². The first-order valence-corrected chi connectivity index (χ1v) is 8.31. The van der Waals surface area contributed by atoms with E-state index in [4.69, 9.17) is 0 Å². The highest BCUT2D eigenvalue weighted by molar-refractivity contribution is 5.48. The Morgan fingerprint density at radius 2 is 2.08 bits per heavy atom. The fourth-order valence-electron chi connectivity index (χ4n) is 3.21. The van der Waals surface area contributed by atoms with E-state index in [0.717, 1.165) is 43.9 Å². The van der Waals surface area contributed by atoms with Gasteiger partial charge in [0.1, 0.15) is 18.2 Å². The molecule has 1 aliphatic heterocycles. The van der Waals surface area contributed by atoms with Crippen LogP contribution in [-0.4, -0.2) is 44.4 Å². The smallest absolute Gasteiger partial charge is 0.158 e. The van der Waals surface area contributed by atoms with Crippen LogP contribution in [0.25, 0.3) is 6.08 Å². The summed E-state index contributed by atoms with van der Waals surface area (Å²) in [6.45, 7) is 2.78. The normalized spacial score (nSPS) is 19.2. The SMILES string of the molecule is Cn1c(CO)nnc1C1CCCN(C/C=C/c2ccc(F)cc2)C1. The topological polar surface area (TPSA) is 54.2 Å². The first-order chi connectivity index (χ1) is 11.7. The van der Waals surface area contributed by atoms with Gasteiger partial charge in [0, 0.05) is 26.1 Å². The van der Waals surface area contributed by atoms with Crippen molar-refractivity contribution in [3.63, 3.8) is 0 Å². The zero-order valence-electron chi connectivity index (χ0n) is 13.9. The second kappa shape index (κ2) is 7.68. The zero-order chi connectivity index (χ0) is 16.9. The highest BCUT2D eigenvalue weighted by atomic mass is 19.1. The number of hydrogen-bond acceptors (Lipinski definition) is 4. The maximum Gasteiger partial charge on any atom is 0.158 e. The average Bonchev–Trinajstić information content (AvgIpc) is 2.98. The Morgan fingerprint density at radius 1 is 1.29 bits per heavy atom. The van der Waals surface area contributed by atoms with Gasteiger partial charge in [0.15, 0.2) is 5.82 Å². The van der Waals surface area contributed by atoms with E-state index in [2.05, 4.69) is 21.2 Å². The van der Waals surface area contributed by atoms with E-state index in [1.165, 1.54) is 12.1 Å². The van der Waals surface area contributed by atoms with Gasteiger partial charge in [0.25, 0.3) is 0 Å². The lowest BCUT2D eigenvalue weighted by atomic mass is 9.97. The van der Waals surface area contributed by atoms with Crippen molar-refractivity contribution in [3.05, 3.63) is 53.4 Å². The molecule has 1 fully saturated rings. The predicted molar refractivity (Wildman–Crippen MR) is 90.8 cm³/mol. The van der Waals surface area contributed by atoms with E-state index in [9.17, 15) is 9.50 Å². The van der Waals surface area contributed by atoms with Gasteiger partial charge in [0.2, 0.25) is 0 Å². The van der Waals surface area contributed by atoms with Crippen LogP contribution in [0.15, 0.2) is 30.3 Å². The average molecular weight is 330 g/mol. The largest absolute Gasteiger partial charge is 0.388 e. The van der Waals surface area contributed by atoms with Gasteiger partial charge >= 0.3 is 0 Å². The monoisotopic (exact) mass is 330 g/mol. The Balaban J connectivity index is 1.59. The second-order valence-electron chi connectivity index (χ2n) is 6.24. The zero-order valence-corrected chi connectivity index (χ0v) is 13.9. The van der Waals surface area contributed by atoms with Gasteiger partial charge in [-0.25, -0.2) is 4.39 Å². The van der Waals surface area contributed by atoms with Crippen LogP contribution >= 0.6 is 0 Å². The number of rotatable bonds is 5. The lowest BCUT2D eigenvalue weighted by Gasteiger charge is -2.31. The molecule has 2 aromatic rings. The molecule has 0 bridgehead atoms. The molecule has 1 aromatic heterocycles. The molecular weight excluding hydrogens is 307 g/mol. The summed E-state index contributed by atoms with van der Waals surface area (Å²) in [6.07, 6.45) is 6.35.